The van der Waals surface area contributed by atoms with Crippen LogP contribution in [0.3, 0.4) is 0 Å². The van der Waals surface area contributed by atoms with E-state index in [1.54, 1.807) is 22.7 Å². The number of ketones is 1. The van der Waals surface area contributed by atoms with Crippen molar-refractivity contribution in [3.8, 4) is 11.1 Å². The van der Waals surface area contributed by atoms with Crippen molar-refractivity contribution in [3.05, 3.63) is 114 Å². The average molecular weight is 504 g/mol. The lowest BCUT2D eigenvalue weighted by molar-refractivity contribution is -0.112. The quantitative estimate of drug-likeness (QED) is 0.131. The zero-order valence-electron chi connectivity index (χ0n) is 21.4. The molecule has 0 aliphatic rings. The van der Waals surface area contributed by atoms with E-state index in [2.05, 4.69) is 27.9 Å². The minimum Gasteiger partial charge on any atom is -0.383 e. The van der Waals surface area contributed by atoms with E-state index in [9.17, 15) is 9.59 Å². The van der Waals surface area contributed by atoms with Crippen molar-refractivity contribution in [3.63, 3.8) is 0 Å². The Morgan fingerprint density at radius 1 is 0.789 bits per heavy atom. The molecule has 7 nitrogen and oxygen atoms in total. The summed E-state index contributed by atoms with van der Waals surface area (Å²) in [6, 6.07) is 28.6. The molecule has 190 valence electrons. The number of carbonyl (C=O) groups excluding carboxylic acids is 2. The van der Waals surface area contributed by atoms with Crippen LogP contribution in [0.4, 0.5) is 17.2 Å². The van der Waals surface area contributed by atoms with Crippen molar-refractivity contribution < 1.29 is 9.59 Å². The first-order chi connectivity index (χ1) is 18.5. The summed E-state index contributed by atoms with van der Waals surface area (Å²) in [4.78, 5) is 30.9. The smallest absolute Gasteiger partial charge is 0.298 e. The first-order valence-corrected chi connectivity index (χ1v) is 12.5. The fourth-order valence-electron chi connectivity index (χ4n) is 4.49. The molecule has 38 heavy (non-hydrogen) atoms. The van der Waals surface area contributed by atoms with E-state index in [-0.39, 0.29) is 0 Å². The number of carbonyl (C=O) groups is 2. The number of anilines is 3. The van der Waals surface area contributed by atoms with Gasteiger partial charge < -0.3 is 20.4 Å². The van der Waals surface area contributed by atoms with Crippen molar-refractivity contribution in [1.82, 2.24) is 9.38 Å². The highest BCUT2D eigenvalue weighted by Gasteiger charge is 2.24. The molecule has 5 rings (SSSR count). The number of hydrogen-bond donors (Lipinski definition) is 3. The van der Waals surface area contributed by atoms with Gasteiger partial charge in [0.05, 0.1) is 0 Å². The molecular weight excluding hydrogens is 474 g/mol. The summed E-state index contributed by atoms with van der Waals surface area (Å²) in [7, 11) is 0. The number of hydrogen-bond acceptors (Lipinski definition) is 5. The van der Waals surface area contributed by atoms with Gasteiger partial charge in [-0.15, -0.1) is 0 Å². The largest absolute Gasteiger partial charge is 0.383 e. The Bertz CT molecular complexity index is 1570. The monoisotopic (exact) mass is 503 g/mol. The molecule has 0 fully saturated rings. The molecule has 2 aromatic carbocycles. The van der Waals surface area contributed by atoms with E-state index >= 15 is 0 Å². The molecule has 3 aromatic heterocycles. The number of benzene rings is 2. The summed E-state index contributed by atoms with van der Waals surface area (Å²) in [5.74, 6) is -0.418. The Balaban J connectivity index is 1.23. The lowest BCUT2D eigenvalue weighted by Crippen LogP contribution is -2.24. The van der Waals surface area contributed by atoms with Gasteiger partial charge in [-0.1, -0.05) is 36.4 Å². The van der Waals surface area contributed by atoms with E-state index in [0.717, 1.165) is 33.8 Å². The van der Waals surface area contributed by atoms with Gasteiger partial charge in [0.1, 0.15) is 11.5 Å². The third kappa shape index (κ3) is 5.57. The van der Waals surface area contributed by atoms with Gasteiger partial charge in [-0.25, -0.2) is 4.98 Å². The zero-order chi connectivity index (χ0) is 26.5. The standard InChI is InChI=1S/C31H29N5O2/c1-21-18-22(2)34-28(19-21)33-16-15-32-24-11-13-25(14-12-24)35-31(38)30(37)29-27(23-8-4-3-5-9-23)20-26-10-6-7-17-36(26)29/h3-14,17-20,32H,15-16H2,1-2H3,(H,33,34)(H,35,38). The van der Waals surface area contributed by atoms with Crippen LogP contribution in [0.5, 0.6) is 0 Å². The number of pyridine rings is 2. The number of fused-ring (bicyclic) bond motifs is 1. The molecule has 0 atom stereocenters. The summed E-state index contributed by atoms with van der Waals surface area (Å²) >= 11 is 0. The number of nitrogens with zero attached hydrogens (tertiary/aromatic N) is 2. The van der Waals surface area contributed by atoms with E-state index < -0.39 is 11.7 Å². The van der Waals surface area contributed by atoms with E-state index in [1.165, 1.54) is 5.56 Å². The number of rotatable bonds is 9. The Kier molecular flexibility index (Phi) is 7.17. The fraction of sp³-hybridized carbons (Fsp3) is 0.129. The normalized spacial score (nSPS) is 10.8. The molecule has 3 N–H and O–H groups in total. The number of aryl methyl sites for hydroxylation is 2. The minimum atomic E-state index is -0.683. The third-order valence-electron chi connectivity index (χ3n) is 6.19. The van der Waals surface area contributed by atoms with Crippen molar-refractivity contribution in [2.75, 3.05) is 29.0 Å². The summed E-state index contributed by atoms with van der Waals surface area (Å²) in [6.45, 7) is 5.43. The van der Waals surface area contributed by atoms with Crippen molar-refractivity contribution >= 4 is 34.4 Å². The van der Waals surface area contributed by atoms with Gasteiger partial charge in [-0.2, -0.15) is 0 Å². The lowest BCUT2D eigenvalue weighted by atomic mass is 10.0. The van der Waals surface area contributed by atoms with E-state index in [4.69, 9.17) is 0 Å². The molecule has 5 aromatic rings. The molecular formula is C31H29N5O2. The van der Waals surface area contributed by atoms with Crippen LogP contribution in [0, 0.1) is 13.8 Å². The first kappa shape index (κ1) is 24.8. The summed E-state index contributed by atoms with van der Waals surface area (Å²) in [6.07, 6.45) is 1.80. The van der Waals surface area contributed by atoms with Gasteiger partial charge in [-0.3, -0.25) is 9.59 Å². The van der Waals surface area contributed by atoms with E-state index in [1.807, 2.05) is 85.8 Å². The topological polar surface area (TPSA) is 87.5 Å². The number of Topliss-reactive ketones (excluding diaryl/α,β-unsaturated/α-hetero) is 1. The van der Waals surface area contributed by atoms with Crippen molar-refractivity contribution in [2.45, 2.75) is 13.8 Å². The van der Waals surface area contributed by atoms with Crippen LogP contribution in [-0.4, -0.2) is 34.2 Å². The molecule has 0 radical (unpaired) electrons. The van der Waals surface area contributed by atoms with Gasteiger partial charge in [0.25, 0.3) is 11.7 Å². The van der Waals surface area contributed by atoms with Crippen LogP contribution >= 0.6 is 0 Å². The van der Waals surface area contributed by atoms with Gasteiger partial charge >= 0.3 is 0 Å². The second-order valence-corrected chi connectivity index (χ2v) is 9.15. The molecule has 0 saturated heterocycles. The SMILES string of the molecule is Cc1cc(C)nc(NCCNc2ccc(NC(=O)C(=O)c3c(-c4ccccc4)cc4ccccn34)cc2)c1. The van der Waals surface area contributed by atoms with Gasteiger partial charge in [0, 0.05) is 47.4 Å². The predicted molar refractivity (Wildman–Crippen MR) is 153 cm³/mol. The molecule has 0 bridgehead atoms. The molecule has 0 aliphatic carbocycles. The number of amides is 1. The Morgan fingerprint density at radius 3 is 2.26 bits per heavy atom. The maximum absolute atomic E-state index is 13.4. The van der Waals surface area contributed by atoms with Crippen LogP contribution < -0.4 is 16.0 Å². The Labute approximate surface area is 221 Å². The number of aromatic nitrogens is 2. The number of nitrogens with one attached hydrogen (secondary N) is 3. The second kappa shape index (κ2) is 11.0. The molecule has 0 spiro atoms. The van der Waals surface area contributed by atoms with Crippen molar-refractivity contribution in [2.24, 2.45) is 0 Å². The minimum absolute atomic E-state index is 0.341. The summed E-state index contributed by atoms with van der Waals surface area (Å²) in [5, 5.41) is 9.41. The van der Waals surface area contributed by atoms with Gasteiger partial charge in [0.2, 0.25) is 0 Å². The van der Waals surface area contributed by atoms with Crippen LogP contribution in [0.15, 0.2) is 97.2 Å². The summed E-state index contributed by atoms with van der Waals surface area (Å²) in [5.41, 5.74) is 6.41. The Hall–Kier alpha value is -4.91. The van der Waals surface area contributed by atoms with Crippen LogP contribution in [0.25, 0.3) is 16.6 Å². The molecule has 7 heteroatoms. The van der Waals surface area contributed by atoms with Crippen LogP contribution in [0.2, 0.25) is 0 Å². The molecule has 0 saturated carbocycles. The van der Waals surface area contributed by atoms with E-state index in [0.29, 0.717) is 24.5 Å². The zero-order valence-corrected chi connectivity index (χ0v) is 21.4. The van der Waals surface area contributed by atoms with Crippen LogP contribution in [0.1, 0.15) is 21.7 Å². The molecule has 1 amide bonds. The Morgan fingerprint density at radius 2 is 1.50 bits per heavy atom. The summed E-state index contributed by atoms with van der Waals surface area (Å²) < 4.78 is 1.76. The fourth-order valence-corrected chi connectivity index (χ4v) is 4.49. The first-order valence-electron chi connectivity index (χ1n) is 12.5. The highest BCUT2D eigenvalue weighted by atomic mass is 16.2. The molecule has 0 unspecified atom stereocenters. The predicted octanol–water partition coefficient (Wildman–Crippen LogP) is 5.96. The van der Waals surface area contributed by atoms with Crippen LogP contribution in [-0.2, 0) is 4.79 Å². The average Bonchev–Trinajstić information content (AvgIpc) is 3.31. The molecule has 0 aliphatic heterocycles. The van der Waals surface area contributed by atoms with Crippen molar-refractivity contribution in [1.29, 1.82) is 0 Å². The highest BCUT2D eigenvalue weighted by molar-refractivity contribution is 6.47. The maximum atomic E-state index is 13.4. The maximum Gasteiger partial charge on any atom is 0.298 e. The molecule has 3 heterocycles. The van der Waals surface area contributed by atoms with Gasteiger partial charge in [0.15, 0.2) is 0 Å². The highest BCUT2D eigenvalue weighted by Crippen LogP contribution is 2.28. The lowest BCUT2D eigenvalue weighted by Gasteiger charge is -2.11. The van der Waals surface area contributed by atoms with Gasteiger partial charge in [-0.05, 0) is 79.6 Å². The second-order valence-electron chi connectivity index (χ2n) is 9.15. The third-order valence-corrected chi connectivity index (χ3v) is 6.19.